The topological polar surface area (TPSA) is 35.6 Å². The summed E-state index contributed by atoms with van der Waals surface area (Å²) < 4.78 is 0. The molecule has 1 aromatic rings. The van der Waals surface area contributed by atoms with Crippen molar-refractivity contribution in [3.8, 4) is 0 Å². The van der Waals surface area contributed by atoms with Crippen LogP contribution in [0.2, 0.25) is 0 Å². The van der Waals surface area contributed by atoms with Gasteiger partial charge in [0.05, 0.1) is 5.92 Å². The van der Waals surface area contributed by atoms with E-state index in [-0.39, 0.29) is 18.3 Å². The van der Waals surface area contributed by atoms with Crippen molar-refractivity contribution in [3.05, 3.63) is 35.9 Å². The summed E-state index contributed by atoms with van der Waals surface area (Å²) in [5.41, 5.74) is 1.15. The van der Waals surface area contributed by atoms with Gasteiger partial charge in [-0.15, -0.1) is 12.4 Å². The predicted molar refractivity (Wildman–Crippen MR) is 101 cm³/mol. The molecule has 1 aromatic carbocycles. The molecule has 134 valence electrons. The number of nitrogens with one attached hydrogen (secondary N) is 1. The fourth-order valence-corrected chi connectivity index (χ4v) is 3.96. The molecule has 0 radical (unpaired) electrons. The van der Waals surface area contributed by atoms with Crippen molar-refractivity contribution < 1.29 is 4.79 Å². The molecule has 4 nitrogen and oxygen atoms in total. The van der Waals surface area contributed by atoms with E-state index in [0.717, 1.165) is 51.3 Å². The van der Waals surface area contributed by atoms with E-state index in [2.05, 4.69) is 41.1 Å². The average molecular weight is 352 g/mol. The molecule has 2 aliphatic heterocycles. The largest absolute Gasteiger partial charge is 0.341 e. The zero-order valence-electron chi connectivity index (χ0n) is 14.8. The number of likely N-dealkylation sites (tertiary alicyclic amines) is 1. The van der Waals surface area contributed by atoms with Crippen molar-refractivity contribution in [2.24, 2.45) is 5.92 Å². The van der Waals surface area contributed by atoms with Gasteiger partial charge in [0.2, 0.25) is 5.91 Å². The number of halogens is 1. The molecule has 3 rings (SSSR count). The summed E-state index contributed by atoms with van der Waals surface area (Å²) in [6.45, 7) is 10.5. The first-order chi connectivity index (χ1) is 11.2. The van der Waals surface area contributed by atoms with Gasteiger partial charge in [0.1, 0.15) is 0 Å². The Hall–Kier alpha value is -1.10. The number of hydrogen-bond acceptors (Lipinski definition) is 3. The number of amides is 1. The number of nitrogens with zero attached hydrogens (tertiary/aromatic N) is 2. The molecule has 2 heterocycles. The molecular weight excluding hydrogens is 322 g/mol. The molecule has 24 heavy (non-hydrogen) atoms. The van der Waals surface area contributed by atoms with Gasteiger partial charge in [-0.2, -0.15) is 0 Å². The van der Waals surface area contributed by atoms with Crippen molar-refractivity contribution in [2.75, 3.05) is 39.3 Å². The van der Waals surface area contributed by atoms with Gasteiger partial charge in [0, 0.05) is 45.3 Å². The minimum atomic E-state index is -0.0158. The summed E-state index contributed by atoms with van der Waals surface area (Å²) in [7, 11) is 0. The molecular formula is C19H30ClN3O. The standard InChI is InChI=1S/C19H29N3O.ClH/c1-15(2)18(16-6-4-3-5-7-16)19(23)22-11-8-17(14-22)21-12-9-20-10-13-21;/h3-7,15,17-18,20H,8-14H2,1-2H3;1H. The first-order valence-corrected chi connectivity index (χ1v) is 8.95. The van der Waals surface area contributed by atoms with Crippen molar-refractivity contribution in [1.29, 1.82) is 0 Å². The summed E-state index contributed by atoms with van der Waals surface area (Å²) in [6.07, 6.45) is 1.12. The van der Waals surface area contributed by atoms with E-state index < -0.39 is 0 Å². The van der Waals surface area contributed by atoms with E-state index in [4.69, 9.17) is 0 Å². The summed E-state index contributed by atoms with van der Waals surface area (Å²) in [6, 6.07) is 10.8. The molecule has 1 N–H and O–H groups in total. The van der Waals surface area contributed by atoms with Gasteiger partial charge in [0.15, 0.2) is 0 Å². The monoisotopic (exact) mass is 351 g/mol. The van der Waals surface area contributed by atoms with E-state index in [9.17, 15) is 4.79 Å². The molecule has 2 fully saturated rings. The second-order valence-electron chi connectivity index (χ2n) is 7.15. The molecule has 2 unspecified atom stereocenters. The third kappa shape index (κ3) is 4.29. The quantitative estimate of drug-likeness (QED) is 0.904. The van der Waals surface area contributed by atoms with Gasteiger partial charge < -0.3 is 10.2 Å². The average Bonchev–Trinajstić information content (AvgIpc) is 3.06. The summed E-state index contributed by atoms with van der Waals surface area (Å²) >= 11 is 0. The van der Waals surface area contributed by atoms with Crippen molar-refractivity contribution in [3.63, 3.8) is 0 Å². The van der Waals surface area contributed by atoms with Crippen LogP contribution in [0, 0.1) is 5.92 Å². The number of piperazine rings is 1. The molecule has 0 aliphatic carbocycles. The van der Waals surface area contributed by atoms with Crippen LogP contribution in [0.4, 0.5) is 0 Å². The highest BCUT2D eigenvalue weighted by Gasteiger charge is 2.35. The molecule has 2 aliphatic rings. The van der Waals surface area contributed by atoms with Crippen LogP contribution in [0.1, 0.15) is 31.7 Å². The Morgan fingerprint density at radius 3 is 2.42 bits per heavy atom. The Kier molecular flexibility index (Phi) is 7.08. The van der Waals surface area contributed by atoms with Crippen molar-refractivity contribution in [2.45, 2.75) is 32.2 Å². The van der Waals surface area contributed by atoms with Gasteiger partial charge in [-0.25, -0.2) is 0 Å². The number of carbonyl (C=O) groups excluding carboxylic acids is 1. The van der Waals surface area contributed by atoms with Crippen LogP contribution in [-0.4, -0.2) is 61.0 Å². The van der Waals surface area contributed by atoms with E-state index in [0.29, 0.717) is 17.9 Å². The van der Waals surface area contributed by atoms with Crippen LogP contribution < -0.4 is 5.32 Å². The van der Waals surface area contributed by atoms with E-state index in [1.807, 2.05) is 18.2 Å². The Labute approximate surface area is 152 Å². The minimum Gasteiger partial charge on any atom is -0.341 e. The van der Waals surface area contributed by atoms with Crippen LogP contribution in [0.15, 0.2) is 30.3 Å². The van der Waals surface area contributed by atoms with Gasteiger partial charge in [-0.05, 0) is 17.9 Å². The maximum absolute atomic E-state index is 13.1. The zero-order chi connectivity index (χ0) is 16.2. The smallest absolute Gasteiger partial charge is 0.230 e. The predicted octanol–water partition coefficient (Wildman–Crippen LogP) is 2.35. The fraction of sp³-hybridized carbons (Fsp3) is 0.632. The number of carbonyl (C=O) groups is 1. The Morgan fingerprint density at radius 2 is 1.79 bits per heavy atom. The van der Waals surface area contributed by atoms with Crippen molar-refractivity contribution >= 4 is 18.3 Å². The van der Waals surface area contributed by atoms with E-state index >= 15 is 0 Å². The third-order valence-corrected chi connectivity index (χ3v) is 5.23. The SMILES string of the molecule is CC(C)C(C(=O)N1CCC(N2CCNCC2)C1)c1ccccc1.Cl. The Balaban J connectivity index is 0.00000208. The highest BCUT2D eigenvalue weighted by atomic mass is 35.5. The van der Waals surface area contributed by atoms with Crippen LogP contribution in [0.5, 0.6) is 0 Å². The zero-order valence-corrected chi connectivity index (χ0v) is 15.6. The number of rotatable bonds is 4. The summed E-state index contributed by atoms with van der Waals surface area (Å²) in [4.78, 5) is 17.8. The lowest BCUT2D eigenvalue weighted by atomic mass is 9.87. The second kappa shape index (κ2) is 8.84. The van der Waals surface area contributed by atoms with E-state index in [1.54, 1.807) is 0 Å². The van der Waals surface area contributed by atoms with Crippen LogP contribution >= 0.6 is 12.4 Å². The van der Waals surface area contributed by atoms with Crippen LogP contribution in [0.3, 0.4) is 0 Å². The van der Waals surface area contributed by atoms with Gasteiger partial charge in [-0.3, -0.25) is 9.69 Å². The Morgan fingerprint density at radius 1 is 1.12 bits per heavy atom. The third-order valence-electron chi connectivity index (χ3n) is 5.23. The molecule has 2 saturated heterocycles. The lowest BCUT2D eigenvalue weighted by molar-refractivity contribution is -0.133. The first kappa shape index (κ1) is 19.2. The Bertz CT molecular complexity index is 517. The lowest BCUT2D eigenvalue weighted by Gasteiger charge is -2.33. The van der Waals surface area contributed by atoms with Crippen LogP contribution in [-0.2, 0) is 4.79 Å². The van der Waals surface area contributed by atoms with E-state index in [1.165, 1.54) is 0 Å². The highest BCUT2D eigenvalue weighted by Crippen LogP contribution is 2.29. The van der Waals surface area contributed by atoms with Gasteiger partial charge in [0.25, 0.3) is 0 Å². The molecule has 2 atom stereocenters. The minimum absolute atomic E-state index is 0. The molecule has 1 amide bonds. The molecule has 0 bridgehead atoms. The van der Waals surface area contributed by atoms with Crippen molar-refractivity contribution in [1.82, 2.24) is 15.1 Å². The fourth-order valence-electron chi connectivity index (χ4n) is 3.96. The lowest BCUT2D eigenvalue weighted by Crippen LogP contribution is -2.49. The highest BCUT2D eigenvalue weighted by molar-refractivity contribution is 5.85. The second-order valence-corrected chi connectivity index (χ2v) is 7.15. The molecule has 0 saturated carbocycles. The van der Waals surface area contributed by atoms with Crippen LogP contribution in [0.25, 0.3) is 0 Å². The van der Waals surface area contributed by atoms with Gasteiger partial charge in [-0.1, -0.05) is 44.2 Å². The summed E-state index contributed by atoms with van der Waals surface area (Å²) in [5.74, 6) is 0.616. The molecule has 5 heteroatoms. The maximum atomic E-state index is 13.1. The number of benzene rings is 1. The molecule has 0 aromatic heterocycles. The number of hydrogen-bond donors (Lipinski definition) is 1. The maximum Gasteiger partial charge on any atom is 0.230 e. The first-order valence-electron chi connectivity index (χ1n) is 8.95. The van der Waals surface area contributed by atoms with Gasteiger partial charge >= 0.3 is 0 Å². The summed E-state index contributed by atoms with van der Waals surface area (Å²) in [5, 5.41) is 3.40. The molecule has 0 spiro atoms. The normalized spacial score (nSPS) is 23.1.